The second-order valence-electron chi connectivity index (χ2n) is 5.63. The molecule has 1 amide bonds. The van der Waals surface area contributed by atoms with Crippen molar-refractivity contribution >= 4 is 22.5 Å². The molecule has 0 aliphatic rings. The highest BCUT2D eigenvalue weighted by Crippen LogP contribution is 2.13. The molecule has 0 aliphatic heterocycles. The molecular formula is C18H14N6O2. The molecule has 26 heavy (non-hydrogen) atoms. The molecule has 0 spiro atoms. The van der Waals surface area contributed by atoms with Crippen LogP contribution in [-0.2, 0) is 11.3 Å². The molecule has 8 heteroatoms. The summed E-state index contributed by atoms with van der Waals surface area (Å²) in [6.07, 6.45) is 5.22. The van der Waals surface area contributed by atoms with Crippen molar-refractivity contribution < 1.29 is 4.79 Å². The zero-order valence-corrected chi connectivity index (χ0v) is 13.6. The first-order valence-electron chi connectivity index (χ1n) is 7.91. The lowest BCUT2D eigenvalue weighted by Crippen LogP contribution is -2.30. The van der Waals surface area contributed by atoms with Gasteiger partial charge >= 0.3 is 0 Å². The number of hydrogen-bond acceptors (Lipinski definition) is 5. The van der Waals surface area contributed by atoms with E-state index in [1.54, 1.807) is 48.9 Å². The van der Waals surface area contributed by atoms with Crippen LogP contribution in [0.2, 0.25) is 0 Å². The standard InChI is InChI=1S/C18H14N6O2/c25-17(11-24-18(26)15-3-1-2-4-16(15)21-22-24)20-13-5-7-14(8-6-13)23-10-9-19-12-23/h1-10,12H,11H2,(H,20,25). The van der Waals surface area contributed by atoms with E-state index in [1.165, 1.54) is 0 Å². The van der Waals surface area contributed by atoms with Gasteiger partial charge in [-0.2, -0.15) is 0 Å². The average Bonchev–Trinajstić information content (AvgIpc) is 3.20. The third kappa shape index (κ3) is 3.07. The van der Waals surface area contributed by atoms with Gasteiger partial charge in [-0.1, -0.05) is 17.3 Å². The third-order valence-corrected chi connectivity index (χ3v) is 3.88. The summed E-state index contributed by atoms with van der Waals surface area (Å²) >= 11 is 0. The van der Waals surface area contributed by atoms with Gasteiger partial charge in [-0.15, -0.1) is 5.10 Å². The highest BCUT2D eigenvalue weighted by Gasteiger charge is 2.09. The molecule has 2 aromatic heterocycles. The van der Waals surface area contributed by atoms with Crippen molar-refractivity contribution in [3.8, 4) is 5.69 Å². The number of fused-ring (bicyclic) bond motifs is 1. The predicted molar refractivity (Wildman–Crippen MR) is 96.0 cm³/mol. The molecule has 1 N–H and O–H groups in total. The topological polar surface area (TPSA) is 94.7 Å². The Morgan fingerprint density at radius 3 is 2.65 bits per heavy atom. The zero-order chi connectivity index (χ0) is 17.9. The van der Waals surface area contributed by atoms with Gasteiger partial charge in [0, 0.05) is 23.8 Å². The number of imidazole rings is 1. The Balaban J connectivity index is 1.49. The fraction of sp³-hybridized carbons (Fsp3) is 0.0556. The summed E-state index contributed by atoms with van der Waals surface area (Å²) in [4.78, 5) is 28.6. The quantitative estimate of drug-likeness (QED) is 0.606. The van der Waals surface area contributed by atoms with Gasteiger partial charge in [-0.05, 0) is 36.4 Å². The van der Waals surface area contributed by atoms with E-state index in [2.05, 4.69) is 20.6 Å². The van der Waals surface area contributed by atoms with Crippen LogP contribution in [0.5, 0.6) is 0 Å². The summed E-state index contributed by atoms with van der Waals surface area (Å²) in [5.41, 5.74) is 1.71. The number of anilines is 1. The van der Waals surface area contributed by atoms with Crippen molar-refractivity contribution in [2.75, 3.05) is 5.32 Å². The van der Waals surface area contributed by atoms with Gasteiger partial charge in [-0.3, -0.25) is 9.59 Å². The number of carbonyl (C=O) groups excluding carboxylic acids is 1. The molecule has 0 bridgehead atoms. The maximum Gasteiger partial charge on any atom is 0.278 e. The van der Waals surface area contributed by atoms with Crippen LogP contribution >= 0.6 is 0 Å². The molecule has 0 saturated heterocycles. The summed E-state index contributed by atoms with van der Waals surface area (Å²) in [7, 11) is 0. The molecule has 0 aliphatic carbocycles. The summed E-state index contributed by atoms with van der Waals surface area (Å²) in [5.74, 6) is -0.355. The molecule has 0 atom stereocenters. The number of rotatable bonds is 4. The molecular weight excluding hydrogens is 332 g/mol. The fourth-order valence-corrected chi connectivity index (χ4v) is 2.59. The first kappa shape index (κ1) is 15.7. The van der Waals surface area contributed by atoms with E-state index in [9.17, 15) is 9.59 Å². The molecule has 8 nitrogen and oxygen atoms in total. The number of benzene rings is 2. The van der Waals surface area contributed by atoms with Crippen LogP contribution in [0.25, 0.3) is 16.6 Å². The van der Waals surface area contributed by atoms with Gasteiger partial charge < -0.3 is 9.88 Å². The van der Waals surface area contributed by atoms with Crippen molar-refractivity contribution in [2.45, 2.75) is 6.54 Å². The van der Waals surface area contributed by atoms with Crippen molar-refractivity contribution in [3.63, 3.8) is 0 Å². The van der Waals surface area contributed by atoms with Crippen LogP contribution in [0.3, 0.4) is 0 Å². The highest BCUT2D eigenvalue weighted by atomic mass is 16.2. The minimum absolute atomic E-state index is 0.208. The van der Waals surface area contributed by atoms with Crippen LogP contribution < -0.4 is 10.9 Å². The van der Waals surface area contributed by atoms with Crippen molar-refractivity contribution in [3.05, 3.63) is 77.6 Å². The third-order valence-electron chi connectivity index (χ3n) is 3.88. The molecule has 0 unspecified atom stereocenters. The Kier molecular flexibility index (Phi) is 3.98. The monoisotopic (exact) mass is 346 g/mol. The number of nitrogens with zero attached hydrogens (tertiary/aromatic N) is 5. The Labute approximate surface area is 147 Å². The molecule has 0 radical (unpaired) electrons. The first-order chi connectivity index (χ1) is 12.7. The Bertz CT molecular complexity index is 1120. The van der Waals surface area contributed by atoms with Crippen molar-refractivity contribution in [1.82, 2.24) is 24.5 Å². The minimum atomic E-state index is -0.355. The average molecular weight is 346 g/mol. The Hall–Kier alpha value is -3.81. The van der Waals surface area contributed by atoms with Gasteiger partial charge in [0.1, 0.15) is 12.1 Å². The van der Waals surface area contributed by atoms with E-state index in [4.69, 9.17) is 0 Å². The molecule has 4 aromatic rings. The number of nitrogens with one attached hydrogen (secondary N) is 1. The normalized spacial score (nSPS) is 10.8. The largest absolute Gasteiger partial charge is 0.324 e. The second kappa shape index (κ2) is 6.60. The van der Waals surface area contributed by atoms with Gasteiger partial charge in [0.2, 0.25) is 5.91 Å². The molecule has 2 heterocycles. The molecule has 0 saturated carbocycles. The van der Waals surface area contributed by atoms with Gasteiger partial charge in [0.15, 0.2) is 0 Å². The van der Waals surface area contributed by atoms with E-state index in [0.29, 0.717) is 16.6 Å². The van der Waals surface area contributed by atoms with E-state index >= 15 is 0 Å². The first-order valence-corrected chi connectivity index (χ1v) is 7.91. The van der Waals surface area contributed by atoms with E-state index in [1.807, 2.05) is 22.9 Å². The summed E-state index contributed by atoms with van der Waals surface area (Å²) in [6.45, 7) is -0.208. The Morgan fingerprint density at radius 2 is 1.88 bits per heavy atom. The predicted octanol–water partition coefficient (Wildman–Crippen LogP) is 1.62. The molecule has 0 fully saturated rings. The van der Waals surface area contributed by atoms with E-state index < -0.39 is 0 Å². The number of hydrogen-bond donors (Lipinski definition) is 1. The second-order valence-corrected chi connectivity index (χ2v) is 5.63. The number of aromatic nitrogens is 5. The molecule has 128 valence electrons. The lowest BCUT2D eigenvalue weighted by molar-refractivity contribution is -0.117. The highest BCUT2D eigenvalue weighted by molar-refractivity contribution is 5.90. The van der Waals surface area contributed by atoms with E-state index in [-0.39, 0.29) is 18.0 Å². The van der Waals surface area contributed by atoms with Crippen molar-refractivity contribution in [2.24, 2.45) is 0 Å². The van der Waals surface area contributed by atoms with Gasteiger partial charge in [0.05, 0.1) is 11.7 Å². The SMILES string of the molecule is O=C(Cn1nnc2ccccc2c1=O)Nc1ccc(-n2ccnc2)cc1. The van der Waals surface area contributed by atoms with Gasteiger partial charge in [-0.25, -0.2) is 9.67 Å². The minimum Gasteiger partial charge on any atom is -0.324 e. The lowest BCUT2D eigenvalue weighted by atomic mass is 10.2. The summed E-state index contributed by atoms with van der Waals surface area (Å²) in [6, 6.07) is 14.2. The van der Waals surface area contributed by atoms with Crippen molar-refractivity contribution in [1.29, 1.82) is 0 Å². The number of amides is 1. The van der Waals surface area contributed by atoms with E-state index in [0.717, 1.165) is 10.4 Å². The summed E-state index contributed by atoms with van der Waals surface area (Å²) in [5, 5.41) is 11.0. The smallest absolute Gasteiger partial charge is 0.278 e. The fourth-order valence-electron chi connectivity index (χ4n) is 2.59. The number of carbonyl (C=O) groups is 1. The maximum atomic E-state index is 12.4. The van der Waals surface area contributed by atoms with Crippen LogP contribution in [0.15, 0.2) is 72.0 Å². The van der Waals surface area contributed by atoms with Crippen LogP contribution in [0.4, 0.5) is 5.69 Å². The lowest BCUT2D eigenvalue weighted by Gasteiger charge is -2.08. The summed E-state index contributed by atoms with van der Waals surface area (Å²) < 4.78 is 2.91. The van der Waals surface area contributed by atoms with Crippen LogP contribution in [0, 0.1) is 0 Å². The Morgan fingerprint density at radius 1 is 1.08 bits per heavy atom. The molecule has 4 rings (SSSR count). The van der Waals surface area contributed by atoms with Gasteiger partial charge in [0.25, 0.3) is 5.56 Å². The maximum absolute atomic E-state index is 12.4. The van der Waals surface area contributed by atoms with Crippen LogP contribution in [0.1, 0.15) is 0 Å². The zero-order valence-electron chi connectivity index (χ0n) is 13.6. The van der Waals surface area contributed by atoms with Crippen LogP contribution in [-0.4, -0.2) is 30.5 Å². The molecule has 2 aromatic carbocycles.